The van der Waals surface area contributed by atoms with E-state index in [-0.39, 0.29) is 29.2 Å². The number of aliphatic hydroxyl groups excluding tert-OH is 1. The summed E-state index contributed by atoms with van der Waals surface area (Å²) in [6, 6.07) is 14.0. The quantitative estimate of drug-likeness (QED) is 0.599. The lowest BCUT2D eigenvalue weighted by atomic mass is 9.71. The molecule has 2 aromatic carbocycles. The molecule has 0 radical (unpaired) electrons. The molecule has 1 aliphatic rings. The third kappa shape index (κ3) is 4.88. The maximum Gasteiger partial charge on any atom is 0.163 e. The molecule has 0 spiro atoms. The van der Waals surface area contributed by atoms with Crippen LogP contribution in [-0.4, -0.2) is 23.8 Å². The molecule has 0 aliphatic heterocycles. The average Bonchev–Trinajstić information content (AvgIpc) is 2.66. The van der Waals surface area contributed by atoms with Gasteiger partial charge in [0.05, 0.1) is 7.11 Å². The summed E-state index contributed by atoms with van der Waals surface area (Å²) in [5.41, 5.74) is 1.36. The molecule has 0 fully saturated rings. The highest BCUT2D eigenvalue weighted by Gasteiger charge is 2.37. The minimum absolute atomic E-state index is 0.0775. The summed E-state index contributed by atoms with van der Waals surface area (Å²) >= 11 is 6.02. The first-order valence-electron chi connectivity index (χ1n) is 9.58. The minimum atomic E-state index is -0.523. The van der Waals surface area contributed by atoms with Crippen LogP contribution in [0.15, 0.2) is 59.9 Å². The van der Waals surface area contributed by atoms with Crippen LogP contribution in [0.4, 0.5) is 0 Å². The summed E-state index contributed by atoms with van der Waals surface area (Å²) in [7, 11) is 1.57. The van der Waals surface area contributed by atoms with Gasteiger partial charge in [-0.05, 0) is 47.4 Å². The predicted molar refractivity (Wildman–Crippen MR) is 114 cm³/mol. The summed E-state index contributed by atoms with van der Waals surface area (Å²) in [5.74, 6) is 0.00631. The van der Waals surface area contributed by atoms with Crippen molar-refractivity contribution in [1.82, 2.24) is 0 Å². The van der Waals surface area contributed by atoms with Crippen molar-refractivity contribution in [2.45, 2.75) is 39.0 Å². The first-order valence-corrected chi connectivity index (χ1v) is 9.96. The van der Waals surface area contributed by atoms with E-state index in [0.717, 1.165) is 5.56 Å². The smallest absolute Gasteiger partial charge is 0.163 e. The van der Waals surface area contributed by atoms with Gasteiger partial charge in [-0.2, -0.15) is 0 Å². The molecule has 0 amide bonds. The van der Waals surface area contributed by atoms with Gasteiger partial charge in [0.15, 0.2) is 11.6 Å². The zero-order chi connectivity index (χ0) is 21.2. The van der Waals surface area contributed by atoms with Crippen LogP contribution in [-0.2, 0) is 4.79 Å². The van der Waals surface area contributed by atoms with E-state index in [2.05, 4.69) is 0 Å². The molecular formula is C24H25ClO4. The fraction of sp³-hybridized carbons (Fsp3) is 0.333. The van der Waals surface area contributed by atoms with Crippen LogP contribution in [0.3, 0.4) is 0 Å². The van der Waals surface area contributed by atoms with Gasteiger partial charge in [0.25, 0.3) is 0 Å². The molecule has 1 N–H and O–H groups in total. The molecule has 5 heteroatoms. The van der Waals surface area contributed by atoms with Gasteiger partial charge in [-0.25, -0.2) is 0 Å². The number of benzene rings is 2. The number of carbonyl (C=O) groups excluding carboxylic acids is 2. The van der Waals surface area contributed by atoms with Gasteiger partial charge in [-0.15, -0.1) is 0 Å². The number of carbonyl (C=O) groups is 2. The molecule has 0 bridgehead atoms. The molecule has 29 heavy (non-hydrogen) atoms. The van der Waals surface area contributed by atoms with Gasteiger partial charge in [0, 0.05) is 41.3 Å². The van der Waals surface area contributed by atoms with Crippen LogP contribution >= 0.6 is 11.6 Å². The van der Waals surface area contributed by atoms with Crippen molar-refractivity contribution < 1.29 is 19.4 Å². The van der Waals surface area contributed by atoms with Gasteiger partial charge in [-0.1, -0.05) is 37.6 Å². The number of halogens is 1. The standard InChI is InChI=1S/C24H25ClO4/c1-24(2)13-21(27)23(22(28)14-24)19(15-4-8-17(25)9-5-15)12-20(26)16-6-10-18(29-3)11-7-16/h4-11,19,27H,12-14H2,1-3H3. The third-order valence-electron chi connectivity index (χ3n) is 5.32. The Morgan fingerprint density at radius 2 is 1.72 bits per heavy atom. The first kappa shape index (κ1) is 21.1. The van der Waals surface area contributed by atoms with Crippen molar-refractivity contribution in [3.05, 3.63) is 76.0 Å². The van der Waals surface area contributed by atoms with E-state index >= 15 is 0 Å². The van der Waals surface area contributed by atoms with Crippen molar-refractivity contribution in [1.29, 1.82) is 0 Å². The normalized spacial score (nSPS) is 17.2. The van der Waals surface area contributed by atoms with E-state index in [1.54, 1.807) is 43.5 Å². The van der Waals surface area contributed by atoms with E-state index in [0.29, 0.717) is 34.8 Å². The highest BCUT2D eigenvalue weighted by atomic mass is 35.5. The Kier molecular flexibility index (Phi) is 6.13. The van der Waals surface area contributed by atoms with Gasteiger partial charge < -0.3 is 9.84 Å². The molecule has 0 heterocycles. The summed E-state index contributed by atoms with van der Waals surface area (Å²) in [6.07, 6.45) is 0.835. The van der Waals surface area contributed by atoms with Gasteiger partial charge in [0.1, 0.15) is 11.5 Å². The Morgan fingerprint density at radius 1 is 1.10 bits per heavy atom. The second-order valence-corrected chi connectivity index (χ2v) is 8.70. The fourth-order valence-electron chi connectivity index (χ4n) is 3.86. The average molecular weight is 413 g/mol. The summed E-state index contributed by atoms with van der Waals surface area (Å²) in [6.45, 7) is 3.91. The Bertz CT molecular complexity index is 940. The minimum Gasteiger partial charge on any atom is -0.512 e. The molecule has 4 nitrogen and oxygen atoms in total. The number of ketones is 2. The number of aliphatic hydroxyl groups is 1. The van der Waals surface area contributed by atoms with Crippen LogP contribution in [0.1, 0.15) is 54.9 Å². The zero-order valence-corrected chi connectivity index (χ0v) is 17.6. The number of hydrogen-bond acceptors (Lipinski definition) is 4. The maximum atomic E-state index is 13.0. The number of allylic oxidation sites excluding steroid dienone is 2. The molecule has 1 atom stereocenters. The van der Waals surface area contributed by atoms with E-state index in [1.807, 2.05) is 26.0 Å². The number of Topliss-reactive ketones (excluding diaryl/α,β-unsaturated/α-hetero) is 2. The summed E-state index contributed by atoms with van der Waals surface area (Å²) < 4.78 is 5.14. The van der Waals surface area contributed by atoms with Crippen LogP contribution < -0.4 is 4.74 Å². The van der Waals surface area contributed by atoms with E-state index in [9.17, 15) is 14.7 Å². The summed E-state index contributed by atoms with van der Waals surface area (Å²) in [5, 5.41) is 11.3. The molecule has 0 saturated heterocycles. The monoisotopic (exact) mass is 412 g/mol. The van der Waals surface area contributed by atoms with Gasteiger partial charge in [-0.3, -0.25) is 9.59 Å². The van der Waals surface area contributed by atoms with Crippen LogP contribution in [0.5, 0.6) is 5.75 Å². The SMILES string of the molecule is COc1ccc(C(=O)CC(C2=C(O)CC(C)(C)CC2=O)c2ccc(Cl)cc2)cc1. The second kappa shape index (κ2) is 8.42. The number of hydrogen-bond donors (Lipinski definition) is 1. The Balaban J connectivity index is 1.98. The molecule has 0 saturated carbocycles. The lowest BCUT2D eigenvalue weighted by Crippen LogP contribution is -2.29. The molecule has 2 aromatic rings. The number of ether oxygens (including phenoxy) is 1. The van der Waals surface area contributed by atoms with Crippen LogP contribution in [0.2, 0.25) is 5.02 Å². The lowest BCUT2D eigenvalue weighted by Gasteiger charge is -2.32. The van der Waals surface area contributed by atoms with E-state index in [4.69, 9.17) is 16.3 Å². The lowest BCUT2D eigenvalue weighted by molar-refractivity contribution is -0.118. The molecule has 1 aliphatic carbocycles. The third-order valence-corrected chi connectivity index (χ3v) is 5.57. The van der Waals surface area contributed by atoms with Crippen LogP contribution in [0.25, 0.3) is 0 Å². The Morgan fingerprint density at radius 3 is 2.28 bits per heavy atom. The fourth-order valence-corrected chi connectivity index (χ4v) is 3.99. The van der Waals surface area contributed by atoms with Crippen LogP contribution in [0, 0.1) is 5.41 Å². The van der Waals surface area contributed by atoms with E-state index in [1.165, 1.54) is 0 Å². The van der Waals surface area contributed by atoms with Crippen molar-refractivity contribution in [2.24, 2.45) is 5.41 Å². The molecule has 0 aromatic heterocycles. The second-order valence-electron chi connectivity index (χ2n) is 8.26. The molecule has 3 rings (SSSR count). The van der Waals surface area contributed by atoms with Gasteiger partial charge in [0.2, 0.25) is 0 Å². The predicted octanol–water partition coefficient (Wildman–Crippen LogP) is 5.91. The van der Waals surface area contributed by atoms with Crippen molar-refractivity contribution >= 4 is 23.2 Å². The molecular weight excluding hydrogens is 388 g/mol. The topological polar surface area (TPSA) is 63.6 Å². The maximum absolute atomic E-state index is 13.0. The van der Waals surface area contributed by atoms with Crippen molar-refractivity contribution in [3.8, 4) is 5.75 Å². The molecule has 1 unspecified atom stereocenters. The molecule has 152 valence electrons. The van der Waals surface area contributed by atoms with E-state index < -0.39 is 5.92 Å². The van der Waals surface area contributed by atoms with Gasteiger partial charge >= 0.3 is 0 Å². The number of rotatable bonds is 6. The highest BCUT2D eigenvalue weighted by molar-refractivity contribution is 6.30. The first-order chi connectivity index (χ1) is 13.7. The Labute approximate surface area is 176 Å². The zero-order valence-electron chi connectivity index (χ0n) is 16.9. The van der Waals surface area contributed by atoms with Crippen molar-refractivity contribution in [3.63, 3.8) is 0 Å². The highest BCUT2D eigenvalue weighted by Crippen LogP contribution is 2.42. The van der Waals surface area contributed by atoms with Crippen molar-refractivity contribution in [2.75, 3.05) is 7.11 Å². The summed E-state index contributed by atoms with van der Waals surface area (Å²) in [4.78, 5) is 25.9. The number of methoxy groups -OCH3 is 1. The largest absolute Gasteiger partial charge is 0.512 e. The Hall–Kier alpha value is -2.59.